The summed E-state index contributed by atoms with van der Waals surface area (Å²) in [7, 11) is 0. The Bertz CT molecular complexity index is 1000. The highest BCUT2D eigenvalue weighted by molar-refractivity contribution is 7.12. The van der Waals surface area contributed by atoms with Crippen molar-refractivity contribution in [2.24, 2.45) is 5.16 Å². The molecule has 0 atom stereocenters. The molecular formula is C22H19N2O4S-. The van der Waals surface area contributed by atoms with Gasteiger partial charge in [-0.2, -0.15) is 0 Å². The number of carbonyl (C=O) groups is 2. The van der Waals surface area contributed by atoms with Gasteiger partial charge in [-0.15, -0.1) is 11.3 Å². The second-order valence-electron chi connectivity index (χ2n) is 6.20. The van der Waals surface area contributed by atoms with Gasteiger partial charge < -0.3 is 19.6 Å². The van der Waals surface area contributed by atoms with Gasteiger partial charge in [-0.05, 0) is 30.0 Å². The molecule has 2 aromatic carbocycles. The third kappa shape index (κ3) is 5.30. The SMILES string of the molecule is C/C(=N\OCC(=O)N(Cc1ccccc1)c1ccccc1C(=O)[O-])c1cccs1. The lowest BCUT2D eigenvalue weighted by Gasteiger charge is -2.25. The van der Waals surface area contributed by atoms with E-state index in [4.69, 9.17) is 4.84 Å². The van der Waals surface area contributed by atoms with Gasteiger partial charge in [0, 0.05) is 5.56 Å². The van der Waals surface area contributed by atoms with Crippen LogP contribution in [0, 0.1) is 0 Å². The molecule has 148 valence electrons. The van der Waals surface area contributed by atoms with E-state index in [1.54, 1.807) is 25.1 Å². The maximum Gasteiger partial charge on any atom is 0.268 e. The van der Waals surface area contributed by atoms with Crippen molar-refractivity contribution in [2.75, 3.05) is 11.5 Å². The van der Waals surface area contributed by atoms with Crippen LogP contribution in [0.4, 0.5) is 5.69 Å². The summed E-state index contributed by atoms with van der Waals surface area (Å²) in [6.07, 6.45) is 0. The zero-order chi connectivity index (χ0) is 20.6. The first-order valence-electron chi connectivity index (χ1n) is 8.91. The Morgan fingerprint density at radius 2 is 1.76 bits per heavy atom. The minimum atomic E-state index is -1.35. The average Bonchev–Trinajstić information content (AvgIpc) is 3.27. The predicted molar refractivity (Wildman–Crippen MR) is 111 cm³/mol. The van der Waals surface area contributed by atoms with E-state index in [9.17, 15) is 14.7 Å². The van der Waals surface area contributed by atoms with Crippen molar-refractivity contribution >= 4 is 34.6 Å². The number of aromatic carboxylic acids is 1. The third-order valence-electron chi connectivity index (χ3n) is 4.17. The average molecular weight is 407 g/mol. The monoisotopic (exact) mass is 407 g/mol. The molecule has 0 bridgehead atoms. The lowest BCUT2D eigenvalue weighted by molar-refractivity contribution is -0.254. The quantitative estimate of drug-likeness (QED) is 0.424. The molecule has 1 aromatic heterocycles. The fourth-order valence-corrected chi connectivity index (χ4v) is 3.42. The van der Waals surface area contributed by atoms with Crippen molar-refractivity contribution < 1.29 is 19.5 Å². The first-order chi connectivity index (χ1) is 14.1. The molecule has 1 amide bonds. The van der Waals surface area contributed by atoms with Gasteiger partial charge in [-0.25, -0.2) is 0 Å². The van der Waals surface area contributed by atoms with Crippen molar-refractivity contribution in [3.8, 4) is 0 Å². The summed E-state index contributed by atoms with van der Waals surface area (Å²) in [5.74, 6) is -1.76. The second kappa shape index (κ2) is 9.66. The van der Waals surface area contributed by atoms with Gasteiger partial charge in [0.05, 0.1) is 28.8 Å². The third-order valence-corrected chi connectivity index (χ3v) is 5.15. The summed E-state index contributed by atoms with van der Waals surface area (Å²) in [6, 6.07) is 19.4. The largest absolute Gasteiger partial charge is 0.545 e. The van der Waals surface area contributed by atoms with Crippen molar-refractivity contribution in [1.29, 1.82) is 0 Å². The van der Waals surface area contributed by atoms with Crippen LogP contribution in [-0.2, 0) is 16.2 Å². The number of benzene rings is 2. The number of rotatable bonds is 8. The number of anilines is 1. The van der Waals surface area contributed by atoms with E-state index in [1.807, 2.05) is 47.8 Å². The van der Waals surface area contributed by atoms with E-state index in [0.717, 1.165) is 10.4 Å². The highest BCUT2D eigenvalue weighted by Crippen LogP contribution is 2.22. The molecule has 0 radical (unpaired) electrons. The van der Waals surface area contributed by atoms with E-state index in [1.165, 1.54) is 22.3 Å². The number of oxime groups is 1. The first kappa shape index (κ1) is 20.3. The minimum absolute atomic E-state index is 0.0601. The Balaban J connectivity index is 1.82. The van der Waals surface area contributed by atoms with E-state index < -0.39 is 11.9 Å². The highest BCUT2D eigenvalue weighted by atomic mass is 32.1. The standard InChI is InChI=1S/C22H20N2O4S/c1-16(20-12-7-13-29-20)23-28-15-21(25)24(14-17-8-3-2-4-9-17)19-11-6-5-10-18(19)22(26)27/h2-13H,14-15H2,1H3,(H,26,27)/p-1/b23-16+. The van der Waals surface area contributed by atoms with Crippen LogP contribution < -0.4 is 10.0 Å². The number of hydrogen-bond acceptors (Lipinski definition) is 6. The number of nitrogens with zero attached hydrogens (tertiary/aromatic N) is 2. The number of para-hydroxylation sites is 1. The van der Waals surface area contributed by atoms with Crippen LogP contribution in [-0.4, -0.2) is 24.2 Å². The van der Waals surface area contributed by atoms with Crippen LogP contribution in [0.15, 0.2) is 77.3 Å². The summed E-state index contributed by atoms with van der Waals surface area (Å²) in [4.78, 5) is 32.0. The zero-order valence-electron chi connectivity index (χ0n) is 15.8. The fourth-order valence-electron chi connectivity index (χ4n) is 2.75. The molecule has 0 spiro atoms. The molecule has 7 heteroatoms. The Hall–Kier alpha value is -3.45. The maximum absolute atomic E-state index is 12.9. The number of carbonyl (C=O) groups excluding carboxylic acids is 2. The van der Waals surface area contributed by atoms with E-state index in [2.05, 4.69) is 5.16 Å². The number of carboxylic acid groups (broad SMARTS) is 1. The first-order valence-corrected chi connectivity index (χ1v) is 9.79. The Labute approximate surface area is 172 Å². The lowest BCUT2D eigenvalue weighted by atomic mass is 10.1. The number of hydrogen-bond donors (Lipinski definition) is 0. The summed E-state index contributed by atoms with van der Waals surface area (Å²) in [6.45, 7) is 1.67. The topological polar surface area (TPSA) is 82.0 Å². The molecule has 1 heterocycles. The smallest absolute Gasteiger partial charge is 0.268 e. The van der Waals surface area contributed by atoms with Crippen molar-refractivity contribution in [2.45, 2.75) is 13.5 Å². The summed E-state index contributed by atoms with van der Waals surface area (Å²) in [5, 5.41) is 17.5. The lowest BCUT2D eigenvalue weighted by Crippen LogP contribution is -2.35. The minimum Gasteiger partial charge on any atom is -0.545 e. The van der Waals surface area contributed by atoms with Crippen LogP contribution in [0.1, 0.15) is 27.7 Å². The fraction of sp³-hybridized carbons (Fsp3) is 0.136. The summed E-state index contributed by atoms with van der Waals surface area (Å²) in [5.41, 5.74) is 1.71. The van der Waals surface area contributed by atoms with Gasteiger partial charge >= 0.3 is 0 Å². The van der Waals surface area contributed by atoms with Crippen molar-refractivity contribution in [3.63, 3.8) is 0 Å². The molecule has 0 aliphatic rings. The molecule has 0 aliphatic carbocycles. The zero-order valence-corrected chi connectivity index (χ0v) is 16.6. The maximum atomic E-state index is 12.9. The molecule has 3 aromatic rings. The normalized spacial score (nSPS) is 11.1. The summed E-state index contributed by atoms with van der Waals surface area (Å²) >= 11 is 1.52. The van der Waals surface area contributed by atoms with Crippen LogP contribution in [0.3, 0.4) is 0 Å². The molecule has 0 saturated heterocycles. The molecule has 29 heavy (non-hydrogen) atoms. The van der Waals surface area contributed by atoms with Gasteiger partial charge in [0.2, 0.25) is 0 Å². The van der Waals surface area contributed by atoms with Gasteiger partial charge in [-0.3, -0.25) is 4.79 Å². The summed E-state index contributed by atoms with van der Waals surface area (Å²) < 4.78 is 0. The van der Waals surface area contributed by atoms with Crippen molar-refractivity contribution in [1.82, 2.24) is 0 Å². The van der Waals surface area contributed by atoms with Gasteiger partial charge in [0.15, 0.2) is 6.61 Å². The Kier molecular flexibility index (Phi) is 6.76. The molecule has 0 aliphatic heterocycles. The van der Waals surface area contributed by atoms with E-state index >= 15 is 0 Å². The predicted octanol–water partition coefficient (Wildman–Crippen LogP) is 3.09. The number of carboxylic acids is 1. The molecule has 0 saturated carbocycles. The van der Waals surface area contributed by atoms with Gasteiger partial charge in [-0.1, -0.05) is 59.8 Å². The second-order valence-corrected chi connectivity index (χ2v) is 7.15. The van der Waals surface area contributed by atoms with Crippen molar-refractivity contribution in [3.05, 3.63) is 88.1 Å². The van der Waals surface area contributed by atoms with Crippen LogP contribution in [0.2, 0.25) is 0 Å². The molecule has 0 fully saturated rings. The number of amides is 1. The molecule has 3 rings (SSSR count). The highest BCUT2D eigenvalue weighted by Gasteiger charge is 2.20. The molecule has 0 unspecified atom stereocenters. The van der Waals surface area contributed by atoms with Gasteiger partial charge in [0.25, 0.3) is 5.91 Å². The van der Waals surface area contributed by atoms with Crippen LogP contribution in [0.5, 0.6) is 0 Å². The Morgan fingerprint density at radius 3 is 2.45 bits per heavy atom. The number of thiophene rings is 1. The van der Waals surface area contributed by atoms with Crippen LogP contribution >= 0.6 is 11.3 Å². The molecule has 6 nitrogen and oxygen atoms in total. The van der Waals surface area contributed by atoms with Gasteiger partial charge in [0.1, 0.15) is 0 Å². The van der Waals surface area contributed by atoms with E-state index in [0.29, 0.717) is 5.71 Å². The van der Waals surface area contributed by atoms with Crippen LogP contribution in [0.25, 0.3) is 0 Å². The molecular weight excluding hydrogens is 388 g/mol. The van der Waals surface area contributed by atoms with E-state index in [-0.39, 0.29) is 24.4 Å². The Morgan fingerprint density at radius 1 is 1.03 bits per heavy atom. The molecule has 0 N–H and O–H groups in total.